The highest BCUT2D eigenvalue weighted by molar-refractivity contribution is 5.90. The molecule has 0 aromatic heterocycles. The number of carbonyl (C=O) groups excluding carboxylic acids is 1. The first kappa shape index (κ1) is 17.1. The molecule has 0 atom stereocenters. The summed E-state index contributed by atoms with van der Waals surface area (Å²) in [4.78, 5) is 22.2. The Morgan fingerprint density at radius 2 is 2.00 bits per heavy atom. The molecule has 0 heterocycles. The van der Waals surface area contributed by atoms with Crippen molar-refractivity contribution in [3.8, 4) is 0 Å². The van der Waals surface area contributed by atoms with Crippen molar-refractivity contribution in [2.75, 3.05) is 32.2 Å². The van der Waals surface area contributed by atoms with E-state index >= 15 is 0 Å². The normalized spacial score (nSPS) is 10.3. The molecule has 0 unspecified atom stereocenters. The lowest BCUT2D eigenvalue weighted by Crippen LogP contribution is -2.15. The van der Waals surface area contributed by atoms with Gasteiger partial charge in [-0.2, -0.15) is 0 Å². The van der Waals surface area contributed by atoms with Crippen molar-refractivity contribution in [2.45, 2.75) is 19.3 Å². The van der Waals surface area contributed by atoms with Crippen LogP contribution in [-0.2, 0) is 25.5 Å². The van der Waals surface area contributed by atoms with Gasteiger partial charge in [0.15, 0.2) is 0 Å². The zero-order chi connectivity index (χ0) is 15.5. The average Bonchev–Trinajstić information content (AvgIpc) is 2.45. The number of nitrogens with one attached hydrogen (secondary N) is 1. The first-order chi connectivity index (χ1) is 10.1. The average molecular weight is 295 g/mol. The van der Waals surface area contributed by atoms with E-state index in [9.17, 15) is 9.59 Å². The third-order valence-corrected chi connectivity index (χ3v) is 2.74. The van der Waals surface area contributed by atoms with Gasteiger partial charge in [-0.05, 0) is 24.1 Å². The number of aliphatic carboxylic acids is 1. The van der Waals surface area contributed by atoms with E-state index in [1.165, 1.54) is 0 Å². The summed E-state index contributed by atoms with van der Waals surface area (Å²) in [5.41, 5.74) is 1.55. The number of methoxy groups -OCH3 is 1. The van der Waals surface area contributed by atoms with Crippen LogP contribution < -0.4 is 5.32 Å². The number of hydrogen-bond donors (Lipinski definition) is 2. The predicted octanol–water partition coefficient (Wildman–Crippen LogP) is 1.70. The maximum atomic E-state index is 11.7. The molecule has 0 fully saturated rings. The zero-order valence-electron chi connectivity index (χ0n) is 12.1. The number of carboxylic acid groups (broad SMARTS) is 1. The van der Waals surface area contributed by atoms with E-state index in [0.717, 1.165) is 5.56 Å². The van der Waals surface area contributed by atoms with Crippen LogP contribution in [0.25, 0.3) is 0 Å². The minimum Gasteiger partial charge on any atom is -0.481 e. The lowest BCUT2D eigenvalue weighted by Gasteiger charge is -2.07. The first-order valence-electron chi connectivity index (χ1n) is 6.79. The second-order valence-electron chi connectivity index (χ2n) is 4.50. The molecule has 116 valence electrons. The van der Waals surface area contributed by atoms with Gasteiger partial charge in [0.2, 0.25) is 5.91 Å². The minimum absolute atomic E-state index is 0.0741. The molecule has 0 aliphatic heterocycles. The number of rotatable bonds is 10. The number of carbonyl (C=O) groups is 2. The third kappa shape index (κ3) is 8.06. The summed E-state index contributed by atoms with van der Waals surface area (Å²) in [7, 11) is 1.59. The van der Waals surface area contributed by atoms with Gasteiger partial charge in [0, 0.05) is 19.2 Å². The Kier molecular flexibility index (Phi) is 8.08. The van der Waals surface area contributed by atoms with Crippen LogP contribution in [0.5, 0.6) is 0 Å². The van der Waals surface area contributed by atoms with Crippen LogP contribution in [0.1, 0.15) is 18.4 Å². The molecule has 2 N–H and O–H groups in total. The monoisotopic (exact) mass is 295 g/mol. The Bertz CT molecular complexity index is 461. The van der Waals surface area contributed by atoms with E-state index in [0.29, 0.717) is 31.9 Å². The Morgan fingerprint density at radius 1 is 1.19 bits per heavy atom. The van der Waals surface area contributed by atoms with Crippen LogP contribution in [-0.4, -0.2) is 43.9 Å². The molecule has 1 amide bonds. The molecule has 0 aliphatic carbocycles. The van der Waals surface area contributed by atoms with Crippen molar-refractivity contribution in [3.63, 3.8) is 0 Å². The van der Waals surface area contributed by atoms with Gasteiger partial charge in [-0.15, -0.1) is 0 Å². The van der Waals surface area contributed by atoms with Crippen molar-refractivity contribution in [2.24, 2.45) is 0 Å². The molecular formula is C15H21NO5. The number of anilines is 1. The van der Waals surface area contributed by atoms with E-state index in [4.69, 9.17) is 14.6 Å². The fourth-order valence-corrected chi connectivity index (χ4v) is 1.69. The number of amides is 1. The zero-order valence-corrected chi connectivity index (χ0v) is 12.1. The summed E-state index contributed by atoms with van der Waals surface area (Å²) >= 11 is 0. The summed E-state index contributed by atoms with van der Waals surface area (Å²) in [5.74, 6) is -0.972. The molecule has 0 radical (unpaired) electrons. The molecule has 1 rings (SSSR count). The van der Waals surface area contributed by atoms with Gasteiger partial charge in [-0.25, -0.2) is 0 Å². The van der Waals surface area contributed by atoms with Crippen molar-refractivity contribution < 1.29 is 24.2 Å². The van der Waals surface area contributed by atoms with Crippen LogP contribution in [0.2, 0.25) is 0 Å². The fraction of sp³-hybridized carbons (Fsp3) is 0.467. The van der Waals surface area contributed by atoms with Crippen molar-refractivity contribution >= 4 is 17.6 Å². The van der Waals surface area contributed by atoms with Gasteiger partial charge in [0.25, 0.3) is 0 Å². The number of benzene rings is 1. The molecular weight excluding hydrogens is 274 g/mol. The molecule has 21 heavy (non-hydrogen) atoms. The van der Waals surface area contributed by atoms with Crippen LogP contribution >= 0.6 is 0 Å². The highest BCUT2D eigenvalue weighted by atomic mass is 16.5. The van der Waals surface area contributed by atoms with E-state index < -0.39 is 5.97 Å². The number of carboxylic acids is 1. The number of aryl methyl sites for hydroxylation is 1. The molecule has 6 heteroatoms. The topological polar surface area (TPSA) is 84.9 Å². The summed E-state index contributed by atoms with van der Waals surface area (Å²) < 4.78 is 10.1. The van der Waals surface area contributed by atoms with Gasteiger partial charge in [-0.3, -0.25) is 9.59 Å². The SMILES string of the molecule is COCCOCCC(=O)Nc1cccc(CCC(=O)O)c1. The lowest BCUT2D eigenvalue weighted by atomic mass is 10.1. The molecule has 0 bridgehead atoms. The first-order valence-corrected chi connectivity index (χ1v) is 6.79. The molecule has 0 saturated carbocycles. The summed E-state index contributed by atoms with van der Waals surface area (Å²) in [5, 5.41) is 11.4. The highest BCUT2D eigenvalue weighted by Gasteiger charge is 2.04. The van der Waals surface area contributed by atoms with Gasteiger partial charge in [0.1, 0.15) is 0 Å². The van der Waals surface area contributed by atoms with Gasteiger partial charge in [-0.1, -0.05) is 12.1 Å². The Labute approximate surface area is 124 Å². The quantitative estimate of drug-likeness (QED) is 0.642. The standard InChI is InChI=1S/C15H21NO5/c1-20-9-10-21-8-7-14(17)16-13-4-2-3-12(11-13)5-6-15(18)19/h2-4,11H,5-10H2,1H3,(H,16,17)(H,18,19). The van der Waals surface area contributed by atoms with Crippen molar-refractivity contribution in [1.82, 2.24) is 0 Å². The summed E-state index contributed by atoms with van der Waals surface area (Å²) in [6.45, 7) is 1.32. The molecule has 0 aliphatic rings. The van der Waals surface area contributed by atoms with Crippen molar-refractivity contribution in [1.29, 1.82) is 0 Å². The Morgan fingerprint density at radius 3 is 2.71 bits per heavy atom. The maximum absolute atomic E-state index is 11.7. The van der Waals surface area contributed by atoms with Gasteiger partial charge >= 0.3 is 5.97 Å². The molecule has 0 spiro atoms. The Hall–Kier alpha value is -1.92. The van der Waals surface area contributed by atoms with Crippen molar-refractivity contribution in [3.05, 3.63) is 29.8 Å². The summed E-state index contributed by atoms with van der Waals surface area (Å²) in [6.07, 6.45) is 0.785. The lowest BCUT2D eigenvalue weighted by molar-refractivity contribution is -0.137. The number of ether oxygens (including phenoxy) is 2. The van der Waals surface area contributed by atoms with E-state index in [1.807, 2.05) is 6.07 Å². The molecule has 0 saturated heterocycles. The van der Waals surface area contributed by atoms with E-state index in [1.54, 1.807) is 25.3 Å². The van der Waals surface area contributed by atoms with Gasteiger partial charge in [0.05, 0.1) is 26.2 Å². The smallest absolute Gasteiger partial charge is 0.303 e. The van der Waals surface area contributed by atoms with Crippen LogP contribution in [0.4, 0.5) is 5.69 Å². The predicted molar refractivity (Wildman–Crippen MR) is 78.3 cm³/mol. The van der Waals surface area contributed by atoms with Crippen LogP contribution in [0, 0.1) is 0 Å². The second-order valence-corrected chi connectivity index (χ2v) is 4.50. The summed E-state index contributed by atoms with van der Waals surface area (Å²) in [6, 6.07) is 7.19. The maximum Gasteiger partial charge on any atom is 0.303 e. The molecule has 1 aromatic rings. The Balaban J connectivity index is 2.34. The minimum atomic E-state index is -0.836. The highest BCUT2D eigenvalue weighted by Crippen LogP contribution is 2.12. The van der Waals surface area contributed by atoms with Crippen LogP contribution in [0.3, 0.4) is 0 Å². The fourth-order valence-electron chi connectivity index (χ4n) is 1.69. The largest absolute Gasteiger partial charge is 0.481 e. The van der Waals surface area contributed by atoms with Gasteiger partial charge < -0.3 is 19.9 Å². The second kappa shape index (κ2) is 9.90. The third-order valence-electron chi connectivity index (χ3n) is 2.74. The molecule has 1 aromatic carbocycles. The molecule has 6 nitrogen and oxygen atoms in total. The number of hydrogen-bond acceptors (Lipinski definition) is 4. The van der Waals surface area contributed by atoms with E-state index in [2.05, 4.69) is 5.32 Å². The van der Waals surface area contributed by atoms with E-state index in [-0.39, 0.29) is 18.7 Å². The van der Waals surface area contributed by atoms with Crippen LogP contribution in [0.15, 0.2) is 24.3 Å².